The van der Waals surface area contributed by atoms with E-state index >= 15 is 0 Å². The Morgan fingerprint density at radius 3 is 3.00 bits per heavy atom. The molecule has 0 atom stereocenters. The highest BCUT2D eigenvalue weighted by molar-refractivity contribution is 6.02. The second-order valence-corrected chi connectivity index (χ2v) is 3.53. The molecule has 0 unspecified atom stereocenters. The van der Waals surface area contributed by atoms with Crippen molar-refractivity contribution in [2.75, 3.05) is 23.3 Å². The van der Waals surface area contributed by atoms with Gasteiger partial charge in [0.1, 0.15) is 0 Å². The molecule has 0 saturated heterocycles. The molecular formula is C11H14N2O. The molecule has 1 aromatic carbocycles. The minimum atomic E-state index is 0.0775. The Bertz CT molecular complexity index is 374. The quantitative estimate of drug-likeness (QED) is 0.732. The molecule has 74 valence electrons. The van der Waals surface area contributed by atoms with Crippen molar-refractivity contribution in [3.63, 3.8) is 0 Å². The van der Waals surface area contributed by atoms with Gasteiger partial charge in [-0.05, 0) is 25.5 Å². The number of benzene rings is 1. The van der Waals surface area contributed by atoms with Crippen molar-refractivity contribution >= 4 is 17.3 Å². The molecule has 1 aliphatic heterocycles. The third-order valence-corrected chi connectivity index (χ3v) is 2.57. The summed E-state index contributed by atoms with van der Waals surface area (Å²) in [6, 6.07) is 6.08. The van der Waals surface area contributed by atoms with Crippen LogP contribution in [0.4, 0.5) is 11.4 Å². The van der Waals surface area contributed by atoms with Crippen LogP contribution in [-0.2, 0) is 4.79 Å². The fraction of sp³-hybridized carbons (Fsp3) is 0.364. The summed E-state index contributed by atoms with van der Waals surface area (Å²) in [5, 5.41) is 2.91. The lowest BCUT2D eigenvalue weighted by Gasteiger charge is -2.30. The minimum absolute atomic E-state index is 0.0775. The number of nitrogens with zero attached hydrogens (tertiary/aromatic N) is 1. The van der Waals surface area contributed by atoms with Gasteiger partial charge in [-0.3, -0.25) is 4.79 Å². The topological polar surface area (TPSA) is 32.3 Å². The summed E-state index contributed by atoms with van der Waals surface area (Å²) in [6.45, 7) is 5.40. The smallest absolute Gasteiger partial charge is 0.243 e. The second kappa shape index (κ2) is 3.33. The van der Waals surface area contributed by atoms with E-state index in [9.17, 15) is 4.79 Å². The van der Waals surface area contributed by atoms with Gasteiger partial charge in [-0.25, -0.2) is 0 Å². The molecule has 1 aliphatic rings. The van der Waals surface area contributed by atoms with Gasteiger partial charge in [0, 0.05) is 6.54 Å². The molecule has 0 spiro atoms. The molecule has 3 nitrogen and oxygen atoms in total. The number of aryl methyl sites for hydroxylation is 1. The second-order valence-electron chi connectivity index (χ2n) is 3.53. The number of nitrogens with one attached hydrogen (secondary N) is 1. The van der Waals surface area contributed by atoms with Gasteiger partial charge in [0.15, 0.2) is 0 Å². The van der Waals surface area contributed by atoms with Gasteiger partial charge >= 0.3 is 0 Å². The maximum Gasteiger partial charge on any atom is 0.243 e. The predicted octanol–water partition coefficient (Wildman–Crippen LogP) is 1.77. The highest BCUT2D eigenvalue weighted by Crippen LogP contribution is 2.31. The lowest BCUT2D eigenvalue weighted by atomic mass is 10.1. The molecule has 3 heteroatoms. The number of hydrogen-bond acceptors (Lipinski definition) is 2. The van der Waals surface area contributed by atoms with Crippen LogP contribution in [0, 0.1) is 6.92 Å². The van der Waals surface area contributed by atoms with E-state index in [1.165, 1.54) is 0 Å². The Morgan fingerprint density at radius 1 is 1.50 bits per heavy atom. The highest BCUT2D eigenvalue weighted by Gasteiger charge is 2.21. The normalized spacial score (nSPS) is 15.0. The zero-order valence-electron chi connectivity index (χ0n) is 8.50. The summed E-state index contributed by atoms with van der Waals surface area (Å²) in [6.07, 6.45) is 0. The monoisotopic (exact) mass is 190 g/mol. The zero-order chi connectivity index (χ0) is 10.1. The number of rotatable bonds is 1. The number of fused-ring (bicyclic) bond motifs is 1. The number of para-hydroxylation sites is 1. The van der Waals surface area contributed by atoms with E-state index in [1.54, 1.807) is 0 Å². The van der Waals surface area contributed by atoms with Crippen molar-refractivity contribution in [2.45, 2.75) is 13.8 Å². The lowest BCUT2D eigenvalue weighted by molar-refractivity contribution is -0.115. The SMILES string of the molecule is CCN1CC(=O)Nc2c(C)cccc21. The number of carbonyl (C=O) groups excluding carboxylic acids is 1. The maximum atomic E-state index is 11.4. The van der Waals surface area contributed by atoms with Gasteiger partial charge in [-0.15, -0.1) is 0 Å². The fourth-order valence-corrected chi connectivity index (χ4v) is 1.80. The third kappa shape index (κ3) is 1.35. The summed E-state index contributed by atoms with van der Waals surface area (Å²) >= 11 is 0. The van der Waals surface area contributed by atoms with Crippen LogP contribution in [0.2, 0.25) is 0 Å². The molecule has 1 amide bonds. The fourth-order valence-electron chi connectivity index (χ4n) is 1.80. The van der Waals surface area contributed by atoms with Crippen LogP contribution in [0.15, 0.2) is 18.2 Å². The average molecular weight is 190 g/mol. The molecule has 2 rings (SSSR count). The first-order valence-electron chi connectivity index (χ1n) is 4.86. The van der Waals surface area contributed by atoms with E-state index in [2.05, 4.69) is 17.1 Å². The first-order chi connectivity index (χ1) is 6.72. The Balaban J connectivity index is 2.50. The van der Waals surface area contributed by atoms with Crippen LogP contribution in [0.5, 0.6) is 0 Å². The summed E-state index contributed by atoms with van der Waals surface area (Å²) in [5.41, 5.74) is 3.21. The zero-order valence-corrected chi connectivity index (χ0v) is 8.50. The predicted molar refractivity (Wildman–Crippen MR) is 57.7 cm³/mol. The van der Waals surface area contributed by atoms with E-state index in [0.717, 1.165) is 23.5 Å². The number of amides is 1. The van der Waals surface area contributed by atoms with Crippen molar-refractivity contribution in [3.8, 4) is 0 Å². The first-order valence-corrected chi connectivity index (χ1v) is 4.86. The highest BCUT2D eigenvalue weighted by atomic mass is 16.2. The lowest BCUT2D eigenvalue weighted by Crippen LogP contribution is -2.38. The summed E-state index contributed by atoms with van der Waals surface area (Å²) in [7, 11) is 0. The van der Waals surface area contributed by atoms with Gasteiger partial charge in [0.2, 0.25) is 5.91 Å². The third-order valence-electron chi connectivity index (χ3n) is 2.57. The van der Waals surface area contributed by atoms with E-state index in [0.29, 0.717) is 6.54 Å². The summed E-state index contributed by atoms with van der Waals surface area (Å²) < 4.78 is 0. The number of likely N-dealkylation sites (N-methyl/N-ethyl adjacent to an activating group) is 1. The van der Waals surface area contributed by atoms with Crippen LogP contribution in [-0.4, -0.2) is 19.0 Å². The van der Waals surface area contributed by atoms with Gasteiger partial charge in [0.25, 0.3) is 0 Å². The first kappa shape index (κ1) is 9.06. The van der Waals surface area contributed by atoms with E-state index in [4.69, 9.17) is 0 Å². The van der Waals surface area contributed by atoms with Crippen molar-refractivity contribution in [3.05, 3.63) is 23.8 Å². The van der Waals surface area contributed by atoms with E-state index in [1.807, 2.05) is 25.1 Å². The maximum absolute atomic E-state index is 11.4. The molecule has 0 fully saturated rings. The van der Waals surface area contributed by atoms with Crippen LogP contribution in [0.3, 0.4) is 0 Å². The molecule has 1 heterocycles. The minimum Gasteiger partial charge on any atom is -0.361 e. The molecule has 0 aromatic heterocycles. The molecular weight excluding hydrogens is 176 g/mol. The Labute approximate surface area is 83.7 Å². The number of anilines is 2. The summed E-state index contributed by atoms with van der Waals surface area (Å²) in [5.74, 6) is 0.0775. The van der Waals surface area contributed by atoms with Crippen molar-refractivity contribution in [1.82, 2.24) is 0 Å². The molecule has 0 bridgehead atoms. The molecule has 0 aliphatic carbocycles. The van der Waals surface area contributed by atoms with E-state index in [-0.39, 0.29) is 5.91 Å². The van der Waals surface area contributed by atoms with Crippen molar-refractivity contribution < 1.29 is 4.79 Å². The van der Waals surface area contributed by atoms with Gasteiger partial charge in [0.05, 0.1) is 17.9 Å². The Morgan fingerprint density at radius 2 is 2.29 bits per heavy atom. The largest absolute Gasteiger partial charge is 0.361 e. The molecule has 14 heavy (non-hydrogen) atoms. The standard InChI is InChI=1S/C11H14N2O/c1-3-13-7-10(14)12-11-8(2)5-4-6-9(11)13/h4-6H,3,7H2,1-2H3,(H,12,14). The van der Waals surface area contributed by atoms with Gasteiger partial charge < -0.3 is 10.2 Å². The molecule has 1 N–H and O–H groups in total. The average Bonchev–Trinajstić information content (AvgIpc) is 2.18. The molecule has 0 radical (unpaired) electrons. The molecule has 0 saturated carbocycles. The van der Waals surface area contributed by atoms with Crippen LogP contribution >= 0.6 is 0 Å². The Kier molecular flexibility index (Phi) is 2.15. The number of hydrogen-bond donors (Lipinski definition) is 1. The van der Waals surface area contributed by atoms with Crippen LogP contribution in [0.25, 0.3) is 0 Å². The number of carbonyl (C=O) groups is 1. The van der Waals surface area contributed by atoms with E-state index < -0.39 is 0 Å². The summed E-state index contributed by atoms with van der Waals surface area (Å²) in [4.78, 5) is 13.5. The van der Waals surface area contributed by atoms with Crippen molar-refractivity contribution in [2.24, 2.45) is 0 Å². The van der Waals surface area contributed by atoms with Crippen LogP contribution in [0.1, 0.15) is 12.5 Å². The Hall–Kier alpha value is -1.51. The van der Waals surface area contributed by atoms with Gasteiger partial charge in [-0.1, -0.05) is 12.1 Å². The van der Waals surface area contributed by atoms with Crippen molar-refractivity contribution in [1.29, 1.82) is 0 Å². The van der Waals surface area contributed by atoms with Gasteiger partial charge in [-0.2, -0.15) is 0 Å². The van der Waals surface area contributed by atoms with Crippen LogP contribution < -0.4 is 10.2 Å². The molecule has 1 aromatic rings.